The van der Waals surface area contributed by atoms with Crippen LogP contribution in [0.3, 0.4) is 0 Å². The van der Waals surface area contributed by atoms with Gasteiger partial charge in [-0.25, -0.2) is 0 Å². The van der Waals surface area contributed by atoms with Crippen LogP contribution < -0.4 is 5.32 Å². The number of nitrogens with zero attached hydrogens (tertiary/aromatic N) is 1. The Morgan fingerprint density at radius 1 is 1.53 bits per heavy atom. The third-order valence-electron chi connectivity index (χ3n) is 1.77. The average Bonchev–Trinajstić information content (AvgIpc) is 2.29. The number of hydrogen-bond acceptors (Lipinski definition) is 4. The molecular formula is C10H12N2O3. The zero-order valence-corrected chi connectivity index (χ0v) is 8.40. The molecule has 80 valence electrons. The lowest BCUT2D eigenvalue weighted by Gasteiger charge is -2.03. The number of esters is 1. The first-order chi connectivity index (χ1) is 7.24. The van der Waals surface area contributed by atoms with Crippen LogP contribution in [-0.2, 0) is 9.53 Å². The molecule has 0 atom stereocenters. The summed E-state index contributed by atoms with van der Waals surface area (Å²) in [7, 11) is 1.31. The van der Waals surface area contributed by atoms with Crippen LogP contribution in [0, 0.1) is 0 Å². The van der Waals surface area contributed by atoms with E-state index in [1.807, 2.05) is 0 Å². The van der Waals surface area contributed by atoms with Gasteiger partial charge in [-0.1, -0.05) is 0 Å². The molecule has 15 heavy (non-hydrogen) atoms. The van der Waals surface area contributed by atoms with Gasteiger partial charge in [0.2, 0.25) is 0 Å². The van der Waals surface area contributed by atoms with Crippen LogP contribution in [0.4, 0.5) is 0 Å². The van der Waals surface area contributed by atoms with E-state index in [0.717, 1.165) is 0 Å². The molecule has 1 heterocycles. The highest BCUT2D eigenvalue weighted by molar-refractivity contribution is 5.93. The Morgan fingerprint density at radius 3 is 2.93 bits per heavy atom. The first-order valence-electron chi connectivity index (χ1n) is 4.49. The van der Waals surface area contributed by atoms with Crippen molar-refractivity contribution in [2.24, 2.45) is 0 Å². The second-order valence-corrected chi connectivity index (χ2v) is 2.82. The van der Waals surface area contributed by atoms with Crippen molar-refractivity contribution in [3.05, 3.63) is 30.1 Å². The fourth-order valence-electron chi connectivity index (χ4n) is 0.979. The molecule has 1 amide bonds. The van der Waals surface area contributed by atoms with Crippen LogP contribution in [0.15, 0.2) is 24.5 Å². The topological polar surface area (TPSA) is 68.3 Å². The van der Waals surface area contributed by atoms with Crippen molar-refractivity contribution in [1.29, 1.82) is 0 Å². The van der Waals surface area contributed by atoms with Gasteiger partial charge in [0.15, 0.2) is 0 Å². The van der Waals surface area contributed by atoms with Gasteiger partial charge in [-0.3, -0.25) is 14.6 Å². The van der Waals surface area contributed by atoms with E-state index in [2.05, 4.69) is 15.0 Å². The largest absolute Gasteiger partial charge is 0.469 e. The molecule has 0 bridgehead atoms. The van der Waals surface area contributed by atoms with E-state index in [1.54, 1.807) is 18.3 Å². The minimum atomic E-state index is -0.346. The van der Waals surface area contributed by atoms with Crippen molar-refractivity contribution < 1.29 is 14.3 Å². The summed E-state index contributed by atoms with van der Waals surface area (Å²) in [6, 6.07) is 3.33. The number of carbonyl (C=O) groups is 2. The number of amides is 1. The standard InChI is InChI=1S/C10H12N2O3/c1-15-9(13)4-6-12-10(14)8-3-2-5-11-7-8/h2-3,5,7H,4,6H2,1H3,(H,12,14). The first-order valence-corrected chi connectivity index (χ1v) is 4.49. The summed E-state index contributed by atoms with van der Waals surface area (Å²) in [6.45, 7) is 0.264. The molecule has 0 aliphatic carbocycles. The van der Waals surface area contributed by atoms with Gasteiger partial charge >= 0.3 is 5.97 Å². The lowest BCUT2D eigenvalue weighted by atomic mass is 10.2. The predicted octanol–water partition coefficient (Wildman–Crippen LogP) is 0.374. The number of carbonyl (C=O) groups excluding carboxylic acids is 2. The van der Waals surface area contributed by atoms with Gasteiger partial charge in [0.1, 0.15) is 0 Å². The summed E-state index contributed by atoms with van der Waals surface area (Å²) in [6.07, 6.45) is 3.22. The maximum absolute atomic E-state index is 11.4. The van der Waals surface area contributed by atoms with Gasteiger partial charge in [-0.05, 0) is 12.1 Å². The lowest BCUT2D eigenvalue weighted by molar-refractivity contribution is -0.140. The van der Waals surface area contributed by atoms with Crippen molar-refractivity contribution in [3.8, 4) is 0 Å². The van der Waals surface area contributed by atoms with Gasteiger partial charge in [0, 0.05) is 18.9 Å². The molecule has 0 aromatic carbocycles. The minimum absolute atomic E-state index is 0.169. The predicted molar refractivity (Wildman–Crippen MR) is 53.2 cm³/mol. The van der Waals surface area contributed by atoms with Gasteiger partial charge < -0.3 is 10.1 Å². The van der Waals surface area contributed by atoms with Crippen LogP contribution in [0.25, 0.3) is 0 Å². The van der Waals surface area contributed by atoms with E-state index in [0.29, 0.717) is 5.56 Å². The van der Waals surface area contributed by atoms with Crippen molar-refractivity contribution in [1.82, 2.24) is 10.3 Å². The van der Waals surface area contributed by atoms with Gasteiger partial charge in [-0.15, -0.1) is 0 Å². The Kier molecular flexibility index (Phi) is 4.28. The number of rotatable bonds is 4. The third-order valence-corrected chi connectivity index (χ3v) is 1.77. The number of aromatic nitrogens is 1. The minimum Gasteiger partial charge on any atom is -0.469 e. The Bertz CT molecular complexity index is 338. The van der Waals surface area contributed by atoms with Gasteiger partial charge in [0.25, 0.3) is 5.91 Å². The molecule has 0 saturated heterocycles. The van der Waals surface area contributed by atoms with Crippen molar-refractivity contribution >= 4 is 11.9 Å². The third kappa shape index (κ3) is 3.76. The molecule has 0 unspecified atom stereocenters. The van der Waals surface area contributed by atoms with E-state index in [4.69, 9.17) is 0 Å². The van der Waals surface area contributed by atoms with E-state index in [9.17, 15) is 9.59 Å². The molecule has 1 rings (SSSR count). The fraction of sp³-hybridized carbons (Fsp3) is 0.300. The molecule has 1 aromatic heterocycles. The normalized spacial score (nSPS) is 9.40. The quantitative estimate of drug-likeness (QED) is 0.726. The zero-order valence-electron chi connectivity index (χ0n) is 8.40. The second kappa shape index (κ2) is 5.74. The lowest BCUT2D eigenvalue weighted by Crippen LogP contribution is -2.26. The van der Waals surface area contributed by atoms with Crippen LogP contribution >= 0.6 is 0 Å². The summed E-state index contributed by atoms with van der Waals surface area (Å²) < 4.78 is 4.44. The summed E-state index contributed by atoms with van der Waals surface area (Å²) in [5, 5.41) is 2.58. The Balaban J connectivity index is 2.34. The molecule has 0 aliphatic rings. The van der Waals surface area contributed by atoms with Crippen LogP contribution in [0.2, 0.25) is 0 Å². The van der Waals surface area contributed by atoms with Crippen molar-refractivity contribution in [2.75, 3.05) is 13.7 Å². The van der Waals surface area contributed by atoms with Crippen molar-refractivity contribution in [2.45, 2.75) is 6.42 Å². The number of nitrogens with one attached hydrogen (secondary N) is 1. The van der Waals surface area contributed by atoms with E-state index < -0.39 is 0 Å². The summed E-state index contributed by atoms with van der Waals surface area (Å²) in [5.41, 5.74) is 0.474. The summed E-state index contributed by atoms with van der Waals surface area (Å²) in [5.74, 6) is -0.589. The fourth-order valence-corrected chi connectivity index (χ4v) is 0.979. The number of hydrogen-bond donors (Lipinski definition) is 1. The smallest absolute Gasteiger partial charge is 0.307 e. The second-order valence-electron chi connectivity index (χ2n) is 2.82. The van der Waals surface area contributed by atoms with Crippen molar-refractivity contribution in [3.63, 3.8) is 0 Å². The SMILES string of the molecule is COC(=O)CCNC(=O)c1cccnc1. The zero-order chi connectivity index (χ0) is 11.1. The van der Waals surface area contributed by atoms with E-state index in [-0.39, 0.29) is 24.8 Å². The Hall–Kier alpha value is -1.91. The van der Waals surface area contributed by atoms with Crippen LogP contribution in [0.5, 0.6) is 0 Å². The maximum Gasteiger partial charge on any atom is 0.307 e. The molecule has 5 heteroatoms. The highest BCUT2D eigenvalue weighted by Crippen LogP contribution is 1.94. The Morgan fingerprint density at radius 2 is 2.33 bits per heavy atom. The first kappa shape index (κ1) is 11.2. The number of pyridine rings is 1. The molecule has 0 fully saturated rings. The number of ether oxygens (including phenoxy) is 1. The van der Waals surface area contributed by atoms with Gasteiger partial charge in [0.05, 0.1) is 19.1 Å². The van der Waals surface area contributed by atoms with Crippen LogP contribution in [-0.4, -0.2) is 30.5 Å². The average molecular weight is 208 g/mol. The maximum atomic E-state index is 11.4. The Labute approximate surface area is 87.5 Å². The monoisotopic (exact) mass is 208 g/mol. The summed E-state index contributed by atoms with van der Waals surface area (Å²) >= 11 is 0. The van der Waals surface area contributed by atoms with Crippen LogP contribution in [0.1, 0.15) is 16.8 Å². The highest BCUT2D eigenvalue weighted by Gasteiger charge is 2.05. The molecule has 1 aromatic rings. The van der Waals surface area contributed by atoms with E-state index >= 15 is 0 Å². The molecule has 0 aliphatic heterocycles. The molecule has 0 saturated carbocycles. The molecule has 0 radical (unpaired) electrons. The molecule has 1 N–H and O–H groups in total. The molecular weight excluding hydrogens is 196 g/mol. The highest BCUT2D eigenvalue weighted by atomic mass is 16.5. The van der Waals surface area contributed by atoms with E-state index in [1.165, 1.54) is 13.3 Å². The number of methoxy groups -OCH3 is 1. The summed E-state index contributed by atoms with van der Waals surface area (Å²) in [4.78, 5) is 26.0. The molecule has 0 spiro atoms. The van der Waals surface area contributed by atoms with Gasteiger partial charge in [-0.2, -0.15) is 0 Å². The molecule has 5 nitrogen and oxygen atoms in total.